The van der Waals surface area contributed by atoms with Crippen LogP contribution in [0, 0.1) is 6.92 Å². The normalized spacial score (nSPS) is 10.4. The van der Waals surface area contributed by atoms with Crippen LogP contribution in [0.1, 0.15) is 21.5 Å². The topological polar surface area (TPSA) is 20.3 Å². The molecule has 0 radical (unpaired) electrons. The molecule has 0 aliphatic rings. The highest BCUT2D eigenvalue weighted by molar-refractivity contribution is 9.10. The molecule has 110 valence electrons. The second-order valence-corrected chi connectivity index (χ2v) is 6.10. The predicted octanol–water partition coefficient (Wildman–Crippen LogP) is 4.64. The molecule has 21 heavy (non-hydrogen) atoms. The van der Waals surface area contributed by atoms with Crippen LogP contribution in [-0.2, 0) is 6.54 Å². The molecule has 0 atom stereocenters. The fourth-order valence-electron chi connectivity index (χ4n) is 2.12. The fourth-order valence-corrected chi connectivity index (χ4v) is 2.57. The molecule has 0 heterocycles. The first-order valence-electron chi connectivity index (χ1n) is 6.77. The van der Waals surface area contributed by atoms with Gasteiger partial charge in [0.15, 0.2) is 0 Å². The summed E-state index contributed by atoms with van der Waals surface area (Å²) < 4.78 is 1.01. The van der Waals surface area contributed by atoms with E-state index in [-0.39, 0.29) is 5.91 Å². The number of alkyl halides is 1. The van der Waals surface area contributed by atoms with Crippen LogP contribution in [0.5, 0.6) is 0 Å². The minimum Gasteiger partial charge on any atom is -0.333 e. The van der Waals surface area contributed by atoms with E-state index in [1.807, 2.05) is 55.5 Å². The number of aryl methyl sites for hydroxylation is 1. The predicted molar refractivity (Wildman–Crippen MR) is 90.8 cm³/mol. The van der Waals surface area contributed by atoms with Crippen molar-refractivity contribution >= 4 is 33.4 Å². The Morgan fingerprint density at radius 3 is 2.52 bits per heavy atom. The summed E-state index contributed by atoms with van der Waals surface area (Å²) in [6.07, 6.45) is 0. The molecule has 2 nitrogen and oxygen atoms in total. The smallest absolute Gasteiger partial charge is 0.254 e. The Kier molecular flexibility index (Phi) is 5.83. The second-order valence-electron chi connectivity index (χ2n) is 4.87. The number of carbonyl (C=O) groups is 1. The van der Waals surface area contributed by atoms with Gasteiger partial charge in [-0.2, -0.15) is 0 Å². The monoisotopic (exact) mass is 365 g/mol. The number of carbonyl (C=O) groups excluding carboxylic acids is 1. The maximum absolute atomic E-state index is 12.7. The van der Waals surface area contributed by atoms with Crippen molar-refractivity contribution in [1.29, 1.82) is 0 Å². The molecule has 0 aliphatic carbocycles. The summed E-state index contributed by atoms with van der Waals surface area (Å²) in [5.74, 6) is 0.434. The van der Waals surface area contributed by atoms with Gasteiger partial charge in [0, 0.05) is 29.0 Å². The van der Waals surface area contributed by atoms with Gasteiger partial charge in [0.25, 0.3) is 5.91 Å². The minimum absolute atomic E-state index is 0.00935. The number of benzene rings is 2. The number of halogens is 2. The van der Waals surface area contributed by atoms with Gasteiger partial charge in [-0.1, -0.05) is 46.3 Å². The molecule has 0 unspecified atom stereocenters. The summed E-state index contributed by atoms with van der Waals surface area (Å²) in [5.41, 5.74) is 2.84. The number of amides is 1. The lowest BCUT2D eigenvalue weighted by molar-refractivity contribution is 0.0753. The Labute approximate surface area is 138 Å². The molecule has 0 aromatic heterocycles. The molecule has 0 bridgehead atoms. The first-order valence-corrected chi connectivity index (χ1v) is 8.10. The van der Waals surface area contributed by atoms with Crippen LogP contribution in [0.3, 0.4) is 0 Å². The zero-order chi connectivity index (χ0) is 15.2. The Balaban J connectivity index is 2.20. The lowest BCUT2D eigenvalue weighted by Crippen LogP contribution is -2.32. The maximum Gasteiger partial charge on any atom is 0.254 e. The first kappa shape index (κ1) is 16.1. The van der Waals surface area contributed by atoms with Crippen molar-refractivity contribution in [3.05, 3.63) is 69.7 Å². The van der Waals surface area contributed by atoms with Gasteiger partial charge in [-0.15, -0.1) is 11.6 Å². The van der Waals surface area contributed by atoms with Crippen molar-refractivity contribution in [3.8, 4) is 0 Å². The third-order valence-corrected chi connectivity index (χ3v) is 4.32. The van der Waals surface area contributed by atoms with Gasteiger partial charge in [-0.25, -0.2) is 0 Å². The first-order chi connectivity index (χ1) is 10.1. The van der Waals surface area contributed by atoms with Crippen molar-refractivity contribution < 1.29 is 4.79 Å². The van der Waals surface area contributed by atoms with Crippen molar-refractivity contribution in [1.82, 2.24) is 4.90 Å². The maximum atomic E-state index is 12.7. The molecule has 2 aromatic carbocycles. The molecule has 0 N–H and O–H groups in total. The van der Waals surface area contributed by atoms with Crippen molar-refractivity contribution in [2.75, 3.05) is 12.4 Å². The van der Waals surface area contributed by atoms with Crippen LogP contribution in [0.2, 0.25) is 0 Å². The summed E-state index contributed by atoms with van der Waals surface area (Å²) in [7, 11) is 0. The SMILES string of the molecule is Cc1cc(C(=O)N(CCCl)Cc2ccccc2)ccc1Br. The molecule has 0 saturated heterocycles. The van der Waals surface area contributed by atoms with Gasteiger partial charge in [-0.05, 0) is 36.2 Å². The summed E-state index contributed by atoms with van der Waals surface area (Å²) in [6, 6.07) is 15.6. The Morgan fingerprint density at radius 2 is 1.90 bits per heavy atom. The molecule has 1 amide bonds. The molecule has 0 fully saturated rings. The minimum atomic E-state index is 0.00935. The van der Waals surface area contributed by atoms with Gasteiger partial charge in [0.1, 0.15) is 0 Å². The number of hydrogen-bond acceptors (Lipinski definition) is 1. The van der Waals surface area contributed by atoms with Gasteiger partial charge >= 0.3 is 0 Å². The molecule has 4 heteroatoms. The zero-order valence-electron chi connectivity index (χ0n) is 11.9. The van der Waals surface area contributed by atoms with Crippen LogP contribution in [0.4, 0.5) is 0 Å². The number of hydrogen-bond donors (Lipinski definition) is 0. The third kappa shape index (κ3) is 4.32. The Hall–Kier alpha value is -1.32. The van der Waals surface area contributed by atoms with Crippen molar-refractivity contribution in [3.63, 3.8) is 0 Å². The molecule has 2 aromatic rings. The van der Waals surface area contributed by atoms with Crippen molar-refractivity contribution in [2.24, 2.45) is 0 Å². The van der Waals surface area contributed by atoms with E-state index < -0.39 is 0 Å². The summed E-state index contributed by atoms with van der Waals surface area (Å²) >= 11 is 9.30. The van der Waals surface area contributed by atoms with E-state index in [9.17, 15) is 4.79 Å². The summed E-state index contributed by atoms with van der Waals surface area (Å²) in [5, 5.41) is 0. The van der Waals surface area contributed by atoms with Crippen LogP contribution >= 0.6 is 27.5 Å². The van der Waals surface area contributed by atoms with Gasteiger partial charge in [0.05, 0.1) is 0 Å². The van der Waals surface area contributed by atoms with Crippen LogP contribution < -0.4 is 0 Å². The lowest BCUT2D eigenvalue weighted by atomic mass is 10.1. The van der Waals surface area contributed by atoms with E-state index in [0.29, 0.717) is 24.5 Å². The van der Waals surface area contributed by atoms with Gasteiger partial charge < -0.3 is 4.90 Å². The average Bonchev–Trinajstić information content (AvgIpc) is 2.50. The molecular weight excluding hydrogens is 350 g/mol. The largest absolute Gasteiger partial charge is 0.333 e. The highest BCUT2D eigenvalue weighted by Crippen LogP contribution is 2.19. The van der Waals surface area contributed by atoms with E-state index in [0.717, 1.165) is 15.6 Å². The Morgan fingerprint density at radius 1 is 1.19 bits per heavy atom. The Bertz CT molecular complexity index is 615. The van der Waals surface area contributed by atoms with Crippen LogP contribution in [-0.4, -0.2) is 23.2 Å². The molecule has 0 spiro atoms. The van der Waals surface area contributed by atoms with E-state index in [2.05, 4.69) is 15.9 Å². The molecule has 0 saturated carbocycles. The molecular formula is C17H17BrClNO. The fraction of sp³-hybridized carbons (Fsp3) is 0.235. The highest BCUT2D eigenvalue weighted by atomic mass is 79.9. The van der Waals surface area contributed by atoms with Crippen LogP contribution in [0.15, 0.2) is 53.0 Å². The van der Waals surface area contributed by atoms with E-state index in [1.165, 1.54) is 0 Å². The number of nitrogens with zero attached hydrogens (tertiary/aromatic N) is 1. The lowest BCUT2D eigenvalue weighted by Gasteiger charge is -2.22. The summed E-state index contributed by atoms with van der Waals surface area (Å²) in [6.45, 7) is 3.08. The van der Waals surface area contributed by atoms with E-state index >= 15 is 0 Å². The van der Waals surface area contributed by atoms with E-state index in [1.54, 1.807) is 4.90 Å². The van der Waals surface area contributed by atoms with Crippen molar-refractivity contribution in [2.45, 2.75) is 13.5 Å². The summed E-state index contributed by atoms with van der Waals surface area (Å²) in [4.78, 5) is 14.4. The van der Waals surface area contributed by atoms with Crippen LogP contribution in [0.25, 0.3) is 0 Å². The second kappa shape index (κ2) is 7.62. The van der Waals surface area contributed by atoms with Gasteiger partial charge in [-0.3, -0.25) is 4.79 Å². The number of rotatable bonds is 5. The quantitative estimate of drug-likeness (QED) is 0.706. The standard InChI is InChI=1S/C17H17BrClNO/c1-13-11-15(7-8-16(13)18)17(21)20(10-9-19)12-14-5-3-2-4-6-14/h2-8,11H,9-10,12H2,1H3. The van der Waals surface area contributed by atoms with Gasteiger partial charge in [0.2, 0.25) is 0 Å². The molecule has 0 aliphatic heterocycles. The molecule has 2 rings (SSSR count). The van der Waals surface area contributed by atoms with E-state index in [4.69, 9.17) is 11.6 Å². The highest BCUT2D eigenvalue weighted by Gasteiger charge is 2.16. The zero-order valence-corrected chi connectivity index (χ0v) is 14.2. The average molecular weight is 367 g/mol. The third-order valence-electron chi connectivity index (χ3n) is 3.26.